The molecule has 1 atom stereocenters. The number of unbranched alkanes of at least 4 members (excludes halogenated alkanes) is 3. The van der Waals surface area contributed by atoms with Gasteiger partial charge in [-0.3, -0.25) is 14.4 Å². The third kappa shape index (κ3) is 23.0. The van der Waals surface area contributed by atoms with E-state index in [1.807, 2.05) is 0 Å². The van der Waals surface area contributed by atoms with E-state index < -0.39 is 11.9 Å². The van der Waals surface area contributed by atoms with E-state index >= 15 is 0 Å². The van der Waals surface area contributed by atoms with Gasteiger partial charge in [0.25, 0.3) is 0 Å². The highest BCUT2D eigenvalue weighted by Gasteiger charge is 2.19. The van der Waals surface area contributed by atoms with Crippen LogP contribution in [0.25, 0.3) is 0 Å². The van der Waals surface area contributed by atoms with Crippen molar-refractivity contribution in [2.75, 3.05) is 18.4 Å². The first-order valence-corrected chi connectivity index (χ1v) is 13.1. The standard InChI is InChI=1S/C23H36N4O5.C3H8.CH3NO/c1-17(29)7-4-2-3-5-9-21(30)26-15-19(8-6-14-25-23(24)32)22(31)27-20-12-10-18(16-28)11-13-20;1-3-2;2-1-3/h10-13,19,28H,2-9,14-16H2,1H3,(H,26,30)(H,27,31)(H3,24,25,32);3H2,1-2H3;1H,(H2,2,3). The van der Waals surface area contributed by atoms with Crippen LogP contribution < -0.4 is 27.4 Å². The zero-order valence-corrected chi connectivity index (χ0v) is 23.1. The Labute approximate surface area is 226 Å². The van der Waals surface area contributed by atoms with Crippen LogP contribution in [0.5, 0.6) is 0 Å². The summed E-state index contributed by atoms with van der Waals surface area (Å²) in [7, 11) is 0. The lowest BCUT2D eigenvalue weighted by atomic mass is 10.0. The van der Waals surface area contributed by atoms with E-state index in [1.54, 1.807) is 31.2 Å². The van der Waals surface area contributed by atoms with Gasteiger partial charge >= 0.3 is 6.03 Å². The fourth-order valence-corrected chi connectivity index (χ4v) is 3.16. The van der Waals surface area contributed by atoms with Crippen LogP contribution in [0.15, 0.2) is 24.3 Å². The number of amides is 5. The van der Waals surface area contributed by atoms with E-state index in [0.717, 1.165) is 31.2 Å². The zero-order valence-electron chi connectivity index (χ0n) is 23.1. The van der Waals surface area contributed by atoms with E-state index in [4.69, 9.17) is 15.6 Å². The molecule has 8 N–H and O–H groups in total. The van der Waals surface area contributed by atoms with Gasteiger partial charge in [-0.2, -0.15) is 0 Å². The Morgan fingerprint density at radius 1 is 0.947 bits per heavy atom. The number of urea groups is 1. The highest BCUT2D eigenvalue weighted by molar-refractivity contribution is 5.93. The lowest BCUT2D eigenvalue weighted by Crippen LogP contribution is -2.36. The predicted octanol–water partition coefficient (Wildman–Crippen LogP) is 2.75. The number of rotatable bonds is 16. The number of nitrogens with two attached hydrogens (primary N) is 2. The number of hydrogen-bond acceptors (Lipinski definition) is 6. The minimum atomic E-state index is -0.619. The molecule has 1 aromatic carbocycles. The molecule has 0 aromatic heterocycles. The van der Waals surface area contributed by atoms with Crippen LogP contribution in [0, 0.1) is 5.92 Å². The maximum absolute atomic E-state index is 12.7. The van der Waals surface area contributed by atoms with Gasteiger partial charge in [0, 0.05) is 31.6 Å². The molecule has 1 rings (SSSR count). The number of carbonyl (C=O) groups excluding carboxylic acids is 5. The summed E-state index contributed by atoms with van der Waals surface area (Å²) in [4.78, 5) is 55.2. The summed E-state index contributed by atoms with van der Waals surface area (Å²) in [6.07, 6.45) is 6.84. The van der Waals surface area contributed by atoms with Crippen LogP contribution in [0.2, 0.25) is 0 Å². The number of nitrogens with one attached hydrogen (secondary N) is 3. The van der Waals surface area contributed by atoms with Crippen molar-refractivity contribution in [2.45, 2.75) is 85.2 Å². The van der Waals surface area contributed by atoms with Crippen LogP contribution in [0.4, 0.5) is 10.5 Å². The lowest BCUT2D eigenvalue weighted by molar-refractivity contribution is -0.123. The SMILES string of the molecule is CC(=O)CCCCCCC(=O)NCC(CCCNC(N)=O)C(=O)Nc1ccc(CO)cc1.CCC.NC=O. The molecule has 0 heterocycles. The summed E-state index contributed by atoms with van der Waals surface area (Å²) >= 11 is 0. The summed E-state index contributed by atoms with van der Waals surface area (Å²) in [5.74, 6) is -0.633. The highest BCUT2D eigenvalue weighted by atomic mass is 16.3. The molecule has 11 nitrogen and oxygen atoms in total. The molecule has 1 aromatic rings. The average Bonchev–Trinajstić information content (AvgIpc) is 2.86. The van der Waals surface area contributed by atoms with Gasteiger partial charge in [-0.25, -0.2) is 4.79 Å². The van der Waals surface area contributed by atoms with Gasteiger partial charge in [0.1, 0.15) is 5.78 Å². The molecule has 0 aliphatic rings. The lowest BCUT2D eigenvalue weighted by Gasteiger charge is -2.18. The predicted molar refractivity (Wildman–Crippen MR) is 149 cm³/mol. The number of aliphatic hydroxyl groups excluding tert-OH is 1. The van der Waals surface area contributed by atoms with Crippen LogP contribution in [-0.4, -0.2) is 48.2 Å². The van der Waals surface area contributed by atoms with Crippen molar-refractivity contribution in [3.05, 3.63) is 29.8 Å². The third-order valence-corrected chi connectivity index (χ3v) is 5.03. The third-order valence-electron chi connectivity index (χ3n) is 5.03. The van der Waals surface area contributed by atoms with Crippen molar-refractivity contribution in [3.63, 3.8) is 0 Å². The van der Waals surface area contributed by atoms with Crippen molar-refractivity contribution in [1.82, 2.24) is 10.6 Å². The minimum absolute atomic E-state index is 0.0769. The van der Waals surface area contributed by atoms with Crippen molar-refractivity contribution >= 4 is 35.7 Å². The number of anilines is 1. The molecule has 0 fully saturated rings. The summed E-state index contributed by atoms with van der Waals surface area (Å²) in [5.41, 5.74) is 10.6. The summed E-state index contributed by atoms with van der Waals surface area (Å²) < 4.78 is 0. The molecule has 1 unspecified atom stereocenters. The second-order valence-electron chi connectivity index (χ2n) is 8.74. The highest BCUT2D eigenvalue weighted by Crippen LogP contribution is 2.14. The first-order chi connectivity index (χ1) is 18.1. The molecule has 0 aliphatic carbocycles. The first-order valence-electron chi connectivity index (χ1n) is 13.1. The van der Waals surface area contributed by atoms with Crippen LogP contribution in [0.1, 0.15) is 84.1 Å². The number of carbonyl (C=O) groups is 5. The van der Waals surface area contributed by atoms with Crippen molar-refractivity contribution in [3.8, 4) is 0 Å². The quantitative estimate of drug-likeness (QED) is 0.138. The Kier molecular flexibility index (Phi) is 24.3. The molecule has 0 aliphatic heterocycles. The minimum Gasteiger partial charge on any atom is -0.392 e. The molecule has 38 heavy (non-hydrogen) atoms. The van der Waals surface area contributed by atoms with E-state index in [9.17, 15) is 19.2 Å². The van der Waals surface area contributed by atoms with Crippen LogP contribution >= 0.6 is 0 Å². The zero-order chi connectivity index (χ0) is 29.2. The van der Waals surface area contributed by atoms with Gasteiger partial charge in [-0.05, 0) is 50.3 Å². The maximum Gasteiger partial charge on any atom is 0.312 e. The molecular formula is C27H47N5O6. The van der Waals surface area contributed by atoms with Crippen molar-refractivity contribution in [2.24, 2.45) is 17.4 Å². The fraction of sp³-hybridized carbons (Fsp3) is 0.593. The van der Waals surface area contributed by atoms with Gasteiger partial charge in [0.05, 0.1) is 12.5 Å². The molecule has 0 bridgehead atoms. The summed E-state index contributed by atoms with van der Waals surface area (Å²) in [5, 5.41) is 17.3. The Hall–Kier alpha value is -3.47. The fourth-order valence-electron chi connectivity index (χ4n) is 3.16. The average molecular weight is 538 g/mol. The van der Waals surface area contributed by atoms with Crippen molar-refractivity contribution < 1.29 is 29.1 Å². The molecule has 11 heteroatoms. The number of benzene rings is 1. The van der Waals surface area contributed by atoms with Gasteiger partial charge in [-0.1, -0.05) is 45.2 Å². The Morgan fingerprint density at radius 3 is 2.00 bits per heavy atom. The van der Waals surface area contributed by atoms with Gasteiger partial charge in [0.15, 0.2) is 0 Å². The molecular weight excluding hydrogens is 490 g/mol. The van der Waals surface area contributed by atoms with Gasteiger partial charge in [-0.15, -0.1) is 0 Å². The summed E-state index contributed by atoms with van der Waals surface area (Å²) in [6.45, 7) is 6.29. The molecule has 0 saturated carbocycles. The van der Waals surface area contributed by atoms with E-state index in [0.29, 0.717) is 37.9 Å². The largest absolute Gasteiger partial charge is 0.392 e. The summed E-state index contributed by atoms with van der Waals surface area (Å²) in [6, 6.07) is 6.24. The van der Waals surface area contributed by atoms with Gasteiger partial charge < -0.3 is 37.3 Å². The molecule has 5 amide bonds. The normalized spacial score (nSPS) is 10.4. The number of ketones is 1. The first kappa shape index (κ1) is 36.7. The number of primary amides is 2. The van der Waals surface area contributed by atoms with Crippen LogP contribution in [-0.2, 0) is 25.8 Å². The molecule has 216 valence electrons. The number of hydrogen-bond donors (Lipinski definition) is 6. The maximum atomic E-state index is 12.7. The van der Waals surface area contributed by atoms with E-state index in [2.05, 4.69) is 35.5 Å². The number of aliphatic hydroxyl groups is 1. The Bertz CT molecular complexity index is 802. The van der Waals surface area contributed by atoms with E-state index in [1.165, 1.54) is 6.42 Å². The Morgan fingerprint density at radius 2 is 1.50 bits per heavy atom. The molecule has 0 radical (unpaired) electrons. The topological polar surface area (TPSA) is 194 Å². The van der Waals surface area contributed by atoms with E-state index in [-0.39, 0.29) is 37.2 Å². The second kappa shape index (κ2) is 25.2. The Balaban J connectivity index is 0. The monoisotopic (exact) mass is 537 g/mol. The second-order valence-corrected chi connectivity index (χ2v) is 8.74. The van der Waals surface area contributed by atoms with Gasteiger partial charge in [0.2, 0.25) is 18.2 Å². The molecule has 0 saturated heterocycles. The van der Waals surface area contributed by atoms with Crippen LogP contribution in [0.3, 0.4) is 0 Å². The number of Topliss-reactive ketones (excluding diaryl/α,β-unsaturated/α-hetero) is 1. The smallest absolute Gasteiger partial charge is 0.312 e. The van der Waals surface area contributed by atoms with Crippen molar-refractivity contribution in [1.29, 1.82) is 0 Å². The molecule has 0 spiro atoms.